The van der Waals surface area contributed by atoms with Crippen LogP contribution in [-0.4, -0.2) is 32.5 Å². The van der Waals surface area contributed by atoms with Gasteiger partial charge in [0.15, 0.2) is 0 Å². The Balaban J connectivity index is 4.90. The third-order valence-corrected chi connectivity index (χ3v) is 5.44. The third-order valence-electron chi connectivity index (χ3n) is 0.604. The summed E-state index contributed by atoms with van der Waals surface area (Å²) in [6.07, 6.45) is 0. The zero-order chi connectivity index (χ0) is 14.1. The van der Waals surface area contributed by atoms with Gasteiger partial charge in [-0.1, -0.05) is 0 Å². The zero-order valence-corrected chi connectivity index (χ0v) is 10.8. The molecule has 0 fully saturated rings. The Morgan fingerprint density at radius 3 is 1.53 bits per heavy atom. The minimum absolute atomic E-state index is 2.93. The number of hydrogen-bond donors (Lipinski definition) is 5. The van der Waals surface area contributed by atoms with Crippen LogP contribution in [-0.2, 0) is 36.7 Å². The van der Waals surface area contributed by atoms with Gasteiger partial charge in [0.1, 0.15) is 0 Å². The smallest absolute Gasteiger partial charge is 0.302 e. The lowest BCUT2D eigenvalue weighted by molar-refractivity contribution is 0.205. The molecule has 0 heterocycles. The fraction of sp³-hybridized carbons (Fsp3) is 0. The summed E-state index contributed by atoms with van der Waals surface area (Å²) in [5.74, 6) is 0. The summed E-state index contributed by atoms with van der Waals surface area (Å²) in [7, 11) is -22.7. The molecule has 2 atom stereocenters. The molecule has 0 amide bonds. The van der Waals surface area contributed by atoms with Gasteiger partial charge in [-0.3, -0.25) is 4.55 Å². The molecule has 17 heavy (non-hydrogen) atoms. The Bertz CT molecular complexity index is 503. The number of phosphoric acid groups is 3. The van der Waals surface area contributed by atoms with Gasteiger partial charge in [-0.25, -0.2) is 13.7 Å². The van der Waals surface area contributed by atoms with Gasteiger partial charge in [-0.15, -0.1) is 3.97 Å². The predicted octanol–water partition coefficient (Wildman–Crippen LogP) is -0.867. The fourth-order valence-electron chi connectivity index (χ4n) is 0.412. The van der Waals surface area contributed by atoms with Crippen molar-refractivity contribution < 1.29 is 58.8 Å². The predicted molar refractivity (Wildman–Crippen MR) is 46.5 cm³/mol. The van der Waals surface area contributed by atoms with E-state index in [4.69, 9.17) is 24.1 Å². The van der Waals surface area contributed by atoms with E-state index in [0.717, 1.165) is 0 Å². The van der Waals surface area contributed by atoms with E-state index in [2.05, 4.69) is 12.6 Å². The van der Waals surface area contributed by atoms with Crippen molar-refractivity contribution in [3.8, 4) is 0 Å². The second-order valence-corrected chi connectivity index (χ2v) is 7.71. The molecular formula is H5O13P3S. The molecule has 0 aromatic rings. The van der Waals surface area contributed by atoms with Crippen molar-refractivity contribution in [2.75, 3.05) is 0 Å². The molecule has 0 rings (SSSR count). The highest BCUT2D eigenvalue weighted by Crippen LogP contribution is 2.66. The van der Waals surface area contributed by atoms with Gasteiger partial charge < -0.3 is 19.6 Å². The van der Waals surface area contributed by atoms with Crippen LogP contribution >= 0.6 is 23.5 Å². The van der Waals surface area contributed by atoms with Crippen molar-refractivity contribution in [3.05, 3.63) is 0 Å². The number of hydrogen-bond acceptors (Lipinski definition) is 8. The van der Waals surface area contributed by atoms with Gasteiger partial charge in [0.25, 0.3) is 0 Å². The quantitative estimate of drug-likeness (QED) is 0.294. The van der Waals surface area contributed by atoms with Crippen LogP contribution < -0.4 is 0 Å². The molecule has 0 aliphatic heterocycles. The van der Waals surface area contributed by atoms with Gasteiger partial charge in [-0.05, 0) is 0 Å². The third kappa shape index (κ3) is 9.97. The van der Waals surface area contributed by atoms with Crippen molar-refractivity contribution in [2.45, 2.75) is 0 Å². The van der Waals surface area contributed by atoms with E-state index < -0.39 is 33.9 Å². The molecule has 0 bridgehead atoms. The van der Waals surface area contributed by atoms with E-state index in [1.54, 1.807) is 0 Å². The number of rotatable bonds is 6. The molecular weight excluding hydrogens is 333 g/mol. The Hall–Kier alpha value is 0.320. The van der Waals surface area contributed by atoms with Crippen molar-refractivity contribution in [1.82, 2.24) is 0 Å². The van der Waals surface area contributed by atoms with E-state index >= 15 is 0 Å². The van der Waals surface area contributed by atoms with Crippen LogP contribution in [0.25, 0.3) is 0 Å². The summed E-state index contributed by atoms with van der Waals surface area (Å²) >= 11 is 0. The molecule has 0 radical (unpaired) electrons. The van der Waals surface area contributed by atoms with Crippen LogP contribution in [0.15, 0.2) is 0 Å². The molecule has 0 saturated carbocycles. The topological polar surface area (TPSA) is 214 Å². The van der Waals surface area contributed by atoms with Gasteiger partial charge >= 0.3 is 33.9 Å². The van der Waals surface area contributed by atoms with E-state index in [0.29, 0.717) is 0 Å². The van der Waals surface area contributed by atoms with Gasteiger partial charge in [0, 0.05) is 0 Å². The largest absolute Gasteiger partial charge is 0.497 e. The van der Waals surface area contributed by atoms with Crippen LogP contribution in [0.2, 0.25) is 0 Å². The van der Waals surface area contributed by atoms with E-state index in [1.165, 1.54) is 0 Å². The minimum atomic E-state index is -5.84. The Labute approximate surface area is 93.4 Å². The Kier molecular flexibility index (Phi) is 5.23. The minimum Gasteiger partial charge on any atom is -0.302 e. The maximum absolute atomic E-state index is 10.7. The average Bonchev–Trinajstić information content (AvgIpc) is 1.65. The Morgan fingerprint density at radius 2 is 1.24 bits per heavy atom. The molecule has 0 aromatic carbocycles. The lowest BCUT2D eigenvalue weighted by Gasteiger charge is -2.14. The van der Waals surface area contributed by atoms with E-state index in [1.807, 2.05) is 0 Å². The first-order chi connectivity index (χ1) is 7.12. The molecule has 5 N–H and O–H groups in total. The summed E-state index contributed by atoms with van der Waals surface area (Å²) in [5.41, 5.74) is 0. The van der Waals surface area contributed by atoms with E-state index in [9.17, 15) is 22.1 Å². The highest BCUT2D eigenvalue weighted by Gasteiger charge is 2.42. The maximum atomic E-state index is 10.7. The molecule has 104 valence electrons. The molecule has 17 heteroatoms. The van der Waals surface area contributed by atoms with Gasteiger partial charge in [0.2, 0.25) is 0 Å². The molecule has 0 saturated heterocycles. The summed E-state index contributed by atoms with van der Waals surface area (Å²) in [6.45, 7) is 0. The Morgan fingerprint density at radius 1 is 0.824 bits per heavy atom. The fourth-order valence-corrected chi connectivity index (χ4v) is 4.22. The SMILES string of the molecule is O=P(O)(O)OP(=O)(O)OP(=O)(O)OS(=O)(=O)O. The van der Waals surface area contributed by atoms with Crippen LogP contribution in [0.3, 0.4) is 0 Å². The summed E-state index contributed by atoms with van der Waals surface area (Å²) < 4.78 is 68.4. The average molecular weight is 338 g/mol. The standard InChI is InChI=1S/H5O13P3S/c1-14(2,3)11-15(4,5)12-16(6,7)13-17(8,9)10/h(H,4,5)(H,6,7)(H2,1,2,3)(H,8,9,10). The highest BCUT2D eigenvalue weighted by molar-refractivity contribution is 7.86. The second-order valence-electron chi connectivity index (χ2n) is 2.09. The molecule has 2 unspecified atom stereocenters. The van der Waals surface area contributed by atoms with Gasteiger partial charge in [0.05, 0.1) is 0 Å². The summed E-state index contributed by atoms with van der Waals surface area (Å²) in [6, 6.07) is 0. The van der Waals surface area contributed by atoms with Crippen molar-refractivity contribution >= 4 is 33.9 Å². The van der Waals surface area contributed by atoms with Crippen LogP contribution in [0.5, 0.6) is 0 Å². The summed E-state index contributed by atoms with van der Waals surface area (Å²) in [5, 5.41) is 0. The summed E-state index contributed by atoms with van der Waals surface area (Å²) in [4.78, 5) is 33.2. The van der Waals surface area contributed by atoms with Crippen molar-refractivity contribution in [1.29, 1.82) is 0 Å². The van der Waals surface area contributed by atoms with Crippen LogP contribution in [0, 0.1) is 0 Å². The first-order valence-corrected chi connectivity index (χ1v) is 8.83. The van der Waals surface area contributed by atoms with Crippen LogP contribution in [0.4, 0.5) is 0 Å². The lowest BCUT2D eigenvalue weighted by atomic mass is 15.7. The first-order valence-electron chi connectivity index (χ1n) is 2.94. The van der Waals surface area contributed by atoms with Gasteiger partial charge in [-0.2, -0.15) is 17.0 Å². The second kappa shape index (κ2) is 5.13. The van der Waals surface area contributed by atoms with E-state index in [-0.39, 0.29) is 0 Å². The van der Waals surface area contributed by atoms with Crippen molar-refractivity contribution in [2.24, 2.45) is 0 Å². The molecule has 0 spiro atoms. The molecule has 13 nitrogen and oxygen atoms in total. The van der Waals surface area contributed by atoms with Crippen molar-refractivity contribution in [3.63, 3.8) is 0 Å². The zero-order valence-electron chi connectivity index (χ0n) is 7.25. The monoisotopic (exact) mass is 338 g/mol. The molecule has 0 aliphatic rings. The highest BCUT2D eigenvalue weighted by atomic mass is 32.3. The first kappa shape index (κ1) is 17.3. The maximum Gasteiger partial charge on any atom is 0.497 e. The van der Waals surface area contributed by atoms with Crippen LogP contribution in [0.1, 0.15) is 0 Å². The molecule has 0 aromatic heterocycles. The normalized spacial score (nSPS) is 20.5. The lowest BCUT2D eigenvalue weighted by Crippen LogP contribution is -2.03. The molecule has 0 aliphatic carbocycles.